The average Bonchev–Trinajstić information content (AvgIpc) is 2.89. The zero-order chi connectivity index (χ0) is 28.2. The van der Waals surface area contributed by atoms with E-state index in [0.29, 0.717) is 55.2 Å². The zero-order valence-corrected chi connectivity index (χ0v) is 23.8. The fourth-order valence-corrected chi connectivity index (χ4v) is 4.32. The van der Waals surface area contributed by atoms with Crippen LogP contribution < -0.4 is 36.7 Å². The Morgan fingerprint density at radius 1 is 0.974 bits per heavy atom. The quantitative estimate of drug-likeness (QED) is 0.159. The first-order valence-electron chi connectivity index (χ1n) is 13.6. The second-order valence-corrected chi connectivity index (χ2v) is 10.8. The molecule has 3 atom stereocenters. The van der Waals surface area contributed by atoms with Gasteiger partial charge < -0.3 is 35.7 Å². The Kier molecular flexibility index (Phi) is 13.1. The smallest absolute Gasteiger partial charge is 0.253 e. The van der Waals surface area contributed by atoms with Gasteiger partial charge >= 0.3 is 0 Å². The number of rotatable bonds is 19. The van der Waals surface area contributed by atoms with Crippen LogP contribution in [0, 0.1) is 17.8 Å². The fraction of sp³-hybridized carbons (Fsp3) is 0.655. The van der Waals surface area contributed by atoms with Crippen LogP contribution in [0.25, 0.3) is 0 Å². The lowest BCUT2D eigenvalue weighted by Gasteiger charge is -2.28. The van der Waals surface area contributed by atoms with Crippen LogP contribution in [-0.4, -0.2) is 57.8 Å². The molecule has 9 nitrogen and oxygen atoms in total. The minimum absolute atomic E-state index is 0.0949. The molecule has 0 fully saturated rings. The Balaban J connectivity index is 1.97. The number of hydrogen-bond acceptors (Lipinski definition) is 9. The van der Waals surface area contributed by atoms with Gasteiger partial charge in [-0.2, -0.15) is 0 Å². The largest absolute Gasteiger partial charge is 0.493 e. The standard InChI is InChI=1S/C29H47N3O6/c1-18(2)10-11-31-26-27(29(35)28(26)34)32-17-23(33)22(30)16-21(19(3)4)14-20-8-9-24(37-6)25(15-20)38-13-7-12-36-5/h8-9,15,18-19,21-23,31-33H,7,10-14,16-17,30H2,1-6H3/t21-,22-,23-/m0/s1. The highest BCUT2D eigenvalue weighted by Gasteiger charge is 2.25. The van der Waals surface area contributed by atoms with Gasteiger partial charge in [0.1, 0.15) is 11.4 Å². The van der Waals surface area contributed by atoms with Crippen molar-refractivity contribution in [3.05, 3.63) is 44.2 Å². The summed E-state index contributed by atoms with van der Waals surface area (Å²) in [4.78, 5) is 24.0. The summed E-state index contributed by atoms with van der Waals surface area (Å²) in [7, 11) is 3.29. The van der Waals surface area contributed by atoms with Gasteiger partial charge in [-0.1, -0.05) is 33.8 Å². The van der Waals surface area contributed by atoms with Crippen molar-refractivity contribution in [3.63, 3.8) is 0 Å². The molecule has 2 aromatic rings. The summed E-state index contributed by atoms with van der Waals surface area (Å²) < 4.78 is 16.5. The molecule has 0 saturated heterocycles. The van der Waals surface area contributed by atoms with E-state index in [1.807, 2.05) is 18.2 Å². The number of aliphatic hydroxyl groups is 1. The minimum atomic E-state index is -0.875. The number of anilines is 2. The second kappa shape index (κ2) is 15.7. The van der Waals surface area contributed by atoms with Gasteiger partial charge in [-0.3, -0.25) is 9.59 Å². The van der Waals surface area contributed by atoms with Crippen LogP contribution in [-0.2, 0) is 11.2 Å². The number of nitrogens with one attached hydrogen (secondary N) is 2. The lowest BCUT2D eigenvalue weighted by Crippen LogP contribution is -2.44. The molecular weight excluding hydrogens is 486 g/mol. The second-order valence-electron chi connectivity index (χ2n) is 10.8. The molecule has 0 aliphatic rings. The van der Waals surface area contributed by atoms with Crippen LogP contribution in [0.3, 0.4) is 0 Å². The maximum atomic E-state index is 12.0. The summed E-state index contributed by atoms with van der Waals surface area (Å²) in [5.74, 6) is 2.41. The fourth-order valence-electron chi connectivity index (χ4n) is 4.32. The van der Waals surface area contributed by atoms with Crippen molar-refractivity contribution >= 4 is 11.4 Å². The first-order valence-corrected chi connectivity index (χ1v) is 13.6. The molecule has 0 bridgehead atoms. The molecule has 2 aromatic carbocycles. The van der Waals surface area contributed by atoms with Crippen LogP contribution >= 0.6 is 0 Å². The zero-order valence-electron chi connectivity index (χ0n) is 23.8. The highest BCUT2D eigenvalue weighted by molar-refractivity contribution is 5.73. The predicted molar refractivity (Wildman–Crippen MR) is 153 cm³/mol. The van der Waals surface area contributed by atoms with E-state index in [9.17, 15) is 14.7 Å². The van der Waals surface area contributed by atoms with E-state index in [-0.39, 0.29) is 18.2 Å². The maximum absolute atomic E-state index is 12.0. The molecule has 214 valence electrons. The molecule has 0 amide bonds. The predicted octanol–water partition coefficient (Wildman–Crippen LogP) is 3.17. The van der Waals surface area contributed by atoms with E-state index >= 15 is 0 Å². The van der Waals surface area contributed by atoms with E-state index in [0.717, 1.165) is 24.8 Å². The van der Waals surface area contributed by atoms with Gasteiger partial charge in [-0.15, -0.1) is 0 Å². The molecule has 0 aromatic heterocycles. The first-order chi connectivity index (χ1) is 18.1. The third-order valence-corrected chi connectivity index (χ3v) is 6.91. The summed E-state index contributed by atoms with van der Waals surface area (Å²) in [6.07, 6.45) is 2.16. The van der Waals surface area contributed by atoms with Gasteiger partial charge in [-0.05, 0) is 54.7 Å². The SMILES string of the molecule is COCCCOc1cc(C[C@@H](C[C@H](N)[C@@H](O)CNc2c(NCCC(C)C)c(=O)c2=O)C(C)C)ccc1OC. The minimum Gasteiger partial charge on any atom is -0.493 e. The third kappa shape index (κ3) is 9.29. The Morgan fingerprint density at radius 2 is 1.66 bits per heavy atom. The lowest BCUT2D eigenvalue weighted by atomic mass is 9.83. The summed E-state index contributed by atoms with van der Waals surface area (Å²) in [6.45, 7) is 10.3. The van der Waals surface area contributed by atoms with E-state index in [1.165, 1.54) is 0 Å². The molecule has 38 heavy (non-hydrogen) atoms. The van der Waals surface area contributed by atoms with Crippen LogP contribution in [0.2, 0.25) is 0 Å². The van der Waals surface area contributed by atoms with E-state index in [1.54, 1.807) is 14.2 Å². The molecular formula is C29H47N3O6. The van der Waals surface area contributed by atoms with Crippen molar-refractivity contribution in [1.29, 1.82) is 0 Å². The molecule has 9 heteroatoms. The van der Waals surface area contributed by atoms with Crippen molar-refractivity contribution in [1.82, 2.24) is 0 Å². The summed E-state index contributed by atoms with van der Waals surface area (Å²) in [5, 5.41) is 16.7. The van der Waals surface area contributed by atoms with Crippen molar-refractivity contribution in [2.24, 2.45) is 23.5 Å². The van der Waals surface area contributed by atoms with Crippen LogP contribution in [0.15, 0.2) is 27.8 Å². The number of nitrogens with two attached hydrogens (primary N) is 1. The van der Waals surface area contributed by atoms with E-state index in [2.05, 4.69) is 38.3 Å². The molecule has 0 aliphatic carbocycles. The molecule has 0 radical (unpaired) electrons. The van der Waals surface area contributed by atoms with Crippen molar-refractivity contribution < 1.29 is 19.3 Å². The lowest BCUT2D eigenvalue weighted by molar-refractivity contribution is 0.137. The molecule has 5 N–H and O–H groups in total. The van der Waals surface area contributed by atoms with Crippen molar-refractivity contribution in [2.75, 3.05) is 51.2 Å². The Bertz CT molecular complexity index is 1050. The van der Waals surface area contributed by atoms with Crippen molar-refractivity contribution in [2.45, 2.75) is 65.5 Å². The molecule has 2 rings (SSSR count). The summed E-state index contributed by atoms with van der Waals surface area (Å²) in [6, 6.07) is 5.44. The monoisotopic (exact) mass is 533 g/mol. The Labute approximate surface area is 226 Å². The van der Waals surface area contributed by atoms with E-state index in [4.69, 9.17) is 19.9 Å². The highest BCUT2D eigenvalue weighted by atomic mass is 16.5. The maximum Gasteiger partial charge on any atom is 0.253 e. The summed E-state index contributed by atoms with van der Waals surface area (Å²) in [5.41, 5.74) is 6.97. The third-order valence-electron chi connectivity index (χ3n) is 6.91. The number of methoxy groups -OCH3 is 2. The molecule has 0 spiro atoms. The summed E-state index contributed by atoms with van der Waals surface area (Å²) >= 11 is 0. The van der Waals surface area contributed by atoms with Gasteiger partial charge in [0.25, 0.3) is 10.9 Å². The first kappa shape index (κ1) is 31.6. The van der Waals surface area contributed by atoms with Gasteiger partial charge in [0, 0.05) is 39.3 Å². The van der Waals surface area contributed by atoms with E-state index < -0.39 is 23.0 Å². The van der Waals surface area contributed by atoms with Gasteiger partial charge in [-0.25, -0.2) is 0 Å². The Morgan fingerprint density at radius 3 is 2.26 bits per heavy atom. The van der Waals surface area contributed by atoms with Crippen molar-refractivity contribution in [3.8, 4) is 11.5 Å². The molecule has 0 unspecified atom stereocenters. The topological polar surface area (TPSA) is 132 Å². The molecule has 0 heterocycles. The number of hydrogen-bond donors (Lipinski definition) is 4. The number of benzene rings is 1. The number of ether oxygens (including phenoxy) is 3. The van der Waals surface area contributed by atoms with Crippen LogP contribution in [0.1, 0.15) is 52.5 Å². The molecule has 0 aliphatic heterocycles. The van der Waals surface area contributed by atoms with Gasteiger partial charge in [0.2, 0.25) is 0 Å². The van der Waals surface area contributed by atoms with Crippen LogP contribution in [0.4, 0.5) is 11.4 Å². The molecule has 0 saturated carbocycles. The highest BCUT2D eigenvalue weighted by Crippen LogP contribution is 2.31. The van der Waals surface area contributed by atoms with Gasteiger partial charge in [0.15, 0.2) is 11.5 Å². The van der Waals surface area contributed by atoms with Gasteiger partial charge in [0.05, 0.1) is 19.8 Å². The van der Waals surface area contributed by atoms with Crippen LogP contribution in [0.5, 0.6) is 11.5 Å². The normalized spacial score (nSPS) is 14.1. The number of aliphatic hydroxyl groups excluding tert-OH is 1. The Hall–Kier alpha value is -2.62. The average molecular weight is 534 g/mol.